The topological polar surface area (TPSA) is 60.7 Å². The Kier molecular flexibility index (Phi) is 6.29. The SMILES string of the molecule is CCC(CO)C(C(C)C)C(O)CO. The highest BCUT2D eigenvalue weighted by Crippen LogP contribution is 2.26. The molecule has 0 aromatic carbocycles. The molecule has 3 unspecified atom stereocenters. The molecule has 0 saturated carbocycles. The van der Waals surface area contributed by atoms with E-state index in [0.717, 1.165) is 6.42 Å². The van der Waals surface area contributed by atoms with Crippen molar-refractivity contribution in [2.24, 2.45) is 17.8 Å². The van der Waals surface area contributed by atoms with E-state index in [2.05, 4.69) is 0 Å². The highest BCUT2D eigenvalue weighted by Gasteiger charge is 2.28. The van der Waals surface area contributed by atoms with Gasteiger partial charge in [-0.2, -0.15) is 0 Å². The van der Waals surface area contributed by atoms with Crippen LogP contribution in [0, 0.1) is 17.8 Å². The fourth-order valence-corrected chi connectivity index (χ4v) is 1.95. The Morgan fingerprint density at radius 2 is 1.62 bits per heavy atom. The molecule has 0 aromatic rings. The molecule has 0 aromatic heterocycles. The Morgan fingerprint density at radius 3 is 1.85 bits per heavy atom. The van der Waals surface area contributed by atoms with Crippen LogP contribution in [-0.2, 0) is 0 Å². The molecular weight excluding hydrogens is 168 g/mol. The van der Waals surface area contributed by atoms with E-state index in [1.54, 1.807) is 0 Å². The van der Waals surface area contributed by atoms with Crippen LogP contribution in [0.5, 0.6) is 0 Å². The summed E-state index contributed by atoms with van der Waals surface area (Å²) in [7, 11) is 0. The van der Waals surface area contributed by atoms with Gasteiger partial charge in [0.1, 0.15) is 0 Å². The molecule has 0 fully saturated rings. The zero-order valence-electron chi connectivity index (χ0n) is 8.77. The summed E-state index contributed by atoms with van der Waals surface area (Å²) in [6.45, 7) is 5.85. The van der Waals surface area contributed by atoms with Crippen LogP contribution in [0.4, 0.5) is 0 Å². The zero-order chi connectivity index (χ0) is 10.4. The summed E-state index contributed by atoms with van der Waals surface area (Å²) in [5.41, 5.74) is 0. The molecule has 3 N–H and O–H groups in total. The Morgan fingerprint density at radius 1 is 1.08 bits per heavy atom. The molecule has 3 atom stereocenters. The van der Waals surface area contributed by atoms with Gasteiger partial charge in [0.15, 0.2) is 0 Å². The maximum absolute atomic E-state index is 9.56. The largest absolute Gasteiger partial charge is 0.396 e. The van der Waals surface area contributed by atoms with Crippen molar-refractivity contribution in [2.75, 3.05) is 13.2 Å². The molecule has 0 saturated heterocycles. The van der Waals surface area contributed by atoms with Crippen LogP contribution in [0.2, 0.25) is 0 Å². The minimum Gasteiger partial charge on any atom is -0.396 e. The van der Waals surface area contributed by atoms with E-state index in [4.69, 9.17) is 10.2 Å². The predicted octanol–water partition coefficient (Wildman–Crippen LogP) is 0.630. The van der Waals surface area contributed by atoms with Gasteiger partial charge in [-0.1, -0.05) is 27.2 Å². The fourth-order valence-electron chi connectivity index (χ4n) is 1.95. The number of hydrogen-bond donors (Lipinski definition) is 3. The molecule has 0 aliphatic carbocycles. The lowest BCUT2D eigenvalue weighted by Gasteiger charge is -2.31. The van der Waals surface area contributed by atoms with Crippen molar-refractivity contribution in [1.29, 1.82) is 0 Å². The van der Waals surface area contributed by atoms with Crippen LogP contribution in [0.3, 0.4) is 0 Å². The molecule has 0 aliphatic rings. The lowest BCUT2D eigenvalue weighted by molar-refractivity contribution is -0.0126. The van der Waals surface area contributed by atoms with Gasteiger partial charge in [-0.3, -0.25) is 0 Å². The van der Waals surface area contributed by atoms with Crippen molar-refractivity contribution in [3.63, 3.8) is 0 Å². The lowest BCUT2D eigenvalue weighted by Crippen LogP contribution is -2.36. The molecule has 0 spiro atoms. The van der Waals surface area contributed by atoms with E-state index in [9.17, 15) is 5.11 Å². The molecule has 3 heteroatoms. The summed E-state index contributed by atoms with van der Waals surface area (Å²) in [6, 6.07) is 0. The summed E-state index contributed by atoms with van der Waals surface area (Å²) >= 11 is 0. The van der Waals surface area contributed by atoms with Crippen LogP contribution in [0.15, 0.2) is 0 Å². The highest BCUT2D eigenvalue weighted by molar-refractivity contribution is 4.77. The lowest BCUT2D eigenvalue weighted by atomic mass is 9.78. The second-order valence-corrected chi connectivity index (χ2v) is 3.92. The molecule has 3 nitrogen and oxygen atoms in total. The van der Waals surface area contributed by atoms with Gasteiger partial charge in [-0.15, -0.1) is 0 Å². The molecule has 0 heterocycles. The van der Waals surface area contributed by atoms with Gasteiger partial charge in [0.05, 0.1) is 12.7 Å². The van der Waals surface area contributed by atoms with E-state index in [1.807, 2.05) is 20.8 Å². The Labute approximate surface area is 80.4 Å². The van der Waals surface area contributed by atoms with E-state index >= 15 is 0 Å². The van der Waals surface area contributed by atoms with E-state index in [1.165, 1.54) is 0 Å². The smallest absolute Gasteiger partial charge is 0.0804 e. The highest BCUT2D eigenvalue weighted by atomic mass is 16.3. The van der Waals surface area contributed by atoms with E-state index in [0.29, 0.717) is 0 Å². The third-order valence-electron chi connectivity index (χ3n) is 2.70. The average Bonchev–Trinajstić information content (AvgIpc) is 2.12. The minimum atomic E-state index is -0.711. The minimum absolute atomic E-state index is 0.0139. The number of aliphatic hydroxyl groups excluding tert-OH is 3. The van der Waals surface area contributed by atoms with Crippen LogP contribution in [-0.4, -0.2) is 34.6 Å². The van der Waals surface area contributed by atoms with Crippen molar-refractivity contribution in [1.82, 2.24) is 0 Å². The maximum Gasteiger partial charge on any atom is 0.0804 e. The standard InChI is InChI=1S/C10H22O3/c1-4-8(5-11)10(7(2)3)9(13)6-12/h7-13H,4-6H2,1-3H3. The van der Waals surface area contributed by atoms with Crippen molar-refractivity contribution in [3.8, 4) is 0 Å². The summed E-state index contributed by atoms with van der Waals surface area (Å²) in [6.07, 6.45) is 0.119. The van der Waals surface area contributed by atoms with Crippen LogP contribution >= 0.6 is 0 Å². The van der Waals surface area contributed by atoms with Gasteiger partial charge in [0.25, 0.3) is 0 Å². The molecular formula is C10H22O3. The van der Waals surface area contributed by atoms with Crippen molar-refractivity contribution in [2.45, 2.75) is 33.3 Å². The Hall–Kier alpha value is -0.120. The van der Waals surface area contributed by atoms with Crippen LogP contribution < -0.4 is 0 Å². The summed E-state index contributed by atoms with van der Waals surface area (Å²) in [5.74, 6) is 0.349. The Bertz CT molecular complexity index is 121. The Balaban J connectivity index is 4.38. The quantitative estimate of drug-likeness (QED) is 0.575. The van der Waals surface area contributed by atoms with Crippen LogP contribution in [0.25, 0.3) is 0 Å². The summed E-state index contributed by atoms with van der Waals surface area (Å²) < 4.78 is 0. The maximum atomic E-state index is 9.56. The first-order chi connectivity index (χ1) is 6.08. The molecule has 0 bridgehead atoms. The molecule has 80 valence electrons. The summed E-state index contributed by atoms with van der Waals surface area (Å²) in [4.78, 5) is 0. The van der Waals surface area contributed by atoms with Crippen molar-refractivity contribution >= 4 is 0 Å². The van der Waals surface area contributed by atoms with Crippen molar-refractivity contribution in [3.05, 3.63) is 0 Å². The second-order valence-electron chi connectivity index (χ2n) is 3.92. The number of rotatable bonds is 6. The normalized spacial score (nSPS) is 18.7. The van der Waals surface area contributed by atoms with Crippen LogP contribution in [0.1, 0.15) is 27.2 Å². The van der Waals surface area contributed by atoms with E-state index in [-0.39, 0.29) is 31.0 Å². The molecule has 0 rings (SSSR count). The number of aliphatic hydroxyl groups is 3. The third-order valence-corrected chi connectivity index (χ3v) is 2.70. The predicted molar refractivity (Wildman–Crippen MR) is 52.3 cm³/mol. The molecule has 0 amide bonds. The molecule has 13 heavy (non-hydrogen) atoms. The third kappa shape index (κ3) is 3.63. The average molecular weight is 190 g/mol. The van der Waals surface area contributed by atoms with Gasteiger partial charge in [-0.25, -0.2) is 0 Å². The van der Waals surface area contributed by atoms with E-state index < -0.39 is 6.10 Å². The zero-order valence-corrected chi connectivity index (χ0v) is 8.77. The first kappa shape index (κ1) is 12.9. The molecule has 0 radical (unpaired) electrons. The first-order valence-corrected chi connectivity index (χ1v) is 4.98. The van der Waals surface area contributed by atoms with Gasteiger partial charge < -0.3 is 15.3 Å². The monoisotopic (exact) mass is 190 g/mol. The van der Waals surface area contributed by atoms with Gasteiger partial charge in [0, 0.05) is 6.61 Å². The fraction of sp³-hybridized carbons (Fsp3) is 1.00. The first-order valence-electron chi connectivity index (χ1n) is 4.98. The summed E-state index contributed by atoms with van der Waals surface area (Å²) in [5, 5.41) is 27.5. The van der Waals surface area contributed by atoms with Gasteiger partial charge in [0.2, 0.25) is 0 Å². The molecule has 0 aliphatic heterocycles. The van der Waals surface area contributed by atoms with Gasteiger partial charge in [-0.05, 0) is 17.8 Å². The van der Waals surface area contributed by atoms with Crippen molar-refractivity contribution < 1.29 is 15.3 Å². The van der Waals surface area contributed by atoms with Gasteiger partial charge >= 0.3 is 0 Å². The number of hydrogen-bond acceptors (Lipinski definition) is 3. The second kappa shape index (κ2) is 6.35.